The summed E-state index contributed by atoms with van der Waals surface area (Å²) in [6.07, 6.45) is 0. The van der Waals surface area contributed by atoms with E-state index in [0.29, 0.717) is 6.04 Å². The third kappa shape index (κ3) is 1.65. The smallest absolute Gasteiger partial charge is 0.155 e. The van der Waals surface area contributed by atoms with E-state index >= 15 is 0 Å². The zero-order valence-corrected chi connectivity index (χ0v) is 10.2. The van der Waals surface area contributed by atoms with Gasteiger partial charge in [-0.15, -0.1) is 0 Å². The molecule has 3 saturated heterocycles. The Kier molecular flexibility index (Phi) is 2.66. The van der Waals surface area contributed by atoms with Crippen molar-refractivity contribution in [1.29, 1.82) is 0 Å². The number of piperazine rings is 3. The molecule has 16 heavy (non-hydrogen) atoms. The molecule has 2 bridgehead atoms. The molecule has 1 aromatic rings. The first-order chi connectivity index (χ1) is 7.83. The van der Waals surface area contributed by atoms with Crippen molar-refractivity contribution in [3.63, 3.8) is 0 Å². The lowest BCUT2D eigenvalue weighted by Crippen LogP contribution is -2.67. The summed E-state index contributed by atoms with van der Waals surface area (Å²) in [6.45, 7) is 6.05. The summed E-state index contributed by atoms with van der Waals surface area (Å²) in [5, 5.41) is 0. The second-order valence-electron chi connectivity index (χ2n) is 5.05. The van der Waals surface area contributed by atoms with Crippen molar-refractivity contribution in [3.05, 3.63) is 35.9 Å². The molecular formula is C13H18ClN2+. The number of rotatable bonds is 2. The van der Waals surface area contributed by atoms with Crippen molar-refractivity contribution in [2.24, 2.45) is 0 Å². The molecule has 86 valence electrons. The fourth-order valence-electron chi connectivity index (χ4n) is 3.04. The van der Waals surface area contributed by atoms with Gasteiger partial charge in [0.15, 0.2) is 6.00 Å². The second kappa shape index (κ2) is 4.02. The molecule has 3 aliphatic heterocycles. The van der Waals surface area contributed by atoms with Crippen LogP contribution in [0.4, 0.5) is 0 Å². The molecule has 1 atom stereocenters. The zero-order valence-electron chi connectivity index (χ0n) is 9.48. The van der Waals surface area contributed by atoms with Crippen molar-refractivity contribution >= 4 is 11.6 Å². The molecule has 2 nitrogen and oxygen atoms in total. The number of quaternary nitrogens is 1. The van der Waals surface area contributed by atoms with Crippen LogP contribution in [0.5, 0.6) is 0 Å². The number of hydrogen-bond donors (Lipinski definition) is 0. The predicted octanol–water partition coefficient (Wildman–Crippen LogP) is 2.07. The molecule has 0 N–H and O–H groups in total. The summed E-state index contributed by atoms with van der Waals surface area (Å²) in [6, 6.07) is 12.2. The van der Waals surface area contributed by atoms with Crippen LogP contribution in [-0.2, 0) is 0 Å². The van der Waals surface area contributed by atoms with E-state index in [4.69, 9.17) is 11.6 Å². The Morgan fingerprint density at radius 2 is 1.88 bits per heavy atom. The fourth-order valence-corrected chi connectivity index (χ4v) is 3.38. The largest absolute Gasteiger partial charge is 0.307 e. The third-order valence-corrected chi connectivity index (χ3v) is 4.67. The van der Waals surface area contributed by atoms with Gasteiger partial charge in [-0.2, -0.15) is 0 Å². The van der Waals surface area contributed by atoms with Gasteiger partial charge in [-0.05, 0) is 5.56 Å². The molecule has 3 aliphatic rings. The van der Waals surface area contributed by atoms with Crippen molar-refractivity contribution in [1.82, 2.24) is 4.90 Å². The maximum Gasteiger partial charge on any atom is 0.155 e. The highest BCUT2D eigenvalue weighted by atomic mass is 35.5. The third-order valence-electron chi connectivity index (χ3n) is 4.16. The molecule has 1 unspecified atom stereocenters. The highest BCUT2D eigenvalue weighted by Crippen LogP contribution is 2.33. The van der Waals surface area contributed by atoms with Gasteiger partial charge in [0.1, 0.15) is 0 Å². The summed E-state index contributed by atoms with van der Waals surface area (Å²) in [7, 11) is 0. The number of fused-ring (bicyclic) bond motifs is 3. The molecule has 3 fully saturated rings. The second-order valence-corrected chi connectivity index (χ2v) is 5.29. The Labute approximate surface area is 102 Å². The predicted molar refractivity (Wildman–Crippen MR) is 66.3 cm³/mol. The molecule has 0 aromatic heterocycles. The number of nitrogens with zero attached hydrogens (tertiary/aromatic N) is 2. The van der Waals surface area contributed by atoms with Gasteiger partial charge in [-0.25, -0.2) is 0 Å². The van der Waals surface area contributed by atoms with Gasteiger partial charge in [0.25, 0.3) is 0 Å². The van der Waals surface area contributed by atoms with Crippen LogP contribution < -0.4 is 0 Å². The van der Waals surface area contributed by atoms with Crippen LogP contribution >= 0.6 is 11.6 Å². The van der Waals surface area contributed by atoms with Gasteiger partial charge in [-0.3, -0.25) is 4.90 Å². The van der Waals surface area contributed by atoms with Gasteiger partial charge in [0, 0.05) is 13.1 Å². The van der Waals surface area contributed by atoms with Gasteiger partial charge < -0.3 is 4.48 Å². The average molecular weight is 238 g/mol. The van der Waals surface area contributed by atoms with Crippen LogP contribution in [0, 0.1) is 0 Å². The quantitative estimate of drug-likeness (QED) is 0.433. The molecule has 3 heterocycles. The average Bonchev–Trinajstić information content (AvgIpc) is 2.41. The van der Waals surface area contributed by atoms with E-state index in [1.807, 2.05) is 0 Å². The zero-order chi connectivity index (χ0) is 11.0. The number of hydrogen-bond acceptors (Lipinski definition) is 1. The maximum atomic E-state index is 6.17. The van der Waals surface area contributed by atoms with Crippen molar-refractivity contribution in [2.75, 3.05) is 38.7 Å². The Bertz CT molecular complexity index is 357. The summed E-state index contributed by atoms with van der Waals surface area (Å²) >= 11 is 6.17. The molecule has 0 spiro atoms. The van der Waals surface area contributed by atoms with Gasteiger partial charge in [0.05, 0.1) is 25.7 Å². The minimum absolute atomic E-state index is 0.586. The van der Waals surface area contributed by atoms with E-state index < -0.39 is 0 Å². The Balaban J connectivity index is 1.88. The highest BCUT2D eigenvalue weighted by Gasteiger charge is 2.44. The Morgan fingerprint density at radius 1 is 1.19 bits per heavy atom. The van der Waals surface area contributed by atoms with E-state index in [2.05, 4.69) is 35.2 Å². The van der Waals surface area contributed by atoms with Crippen molar-refractivity contribution in [3.8, 4) is 0 Å². The Morgan fingerprint density at radius 3 is 2.50 bits per heavy atom. The molecule has 4 rings (SSSR count). The Hall–Kier alpha value is -0.570. The number of halogens is 1. The van der Waals surface area contributed by atoms with Crippen LogP contribution in [0.2, 0.25) is 0 Å². The summed E-state index contributed by atoms with van der Waals surface area (Å²) in [5.41, 5.74) is 1.45. The van der Waals surface area contributed by atoms with Gasteiger partial charge >= 0.3 is 0 Å². The fraction of sp³-hybridized carbons (Fsp3) is 0.538. The lowest BCUT2D eigenvalue weighted by molar-refractivity contribution is -0.935. The van der Waals surface area contributed by atoms with Crippen LogP contribution in [-0.4, -0.2) is 48.1 Å². The van der Waals surface area contributed by atoms with Crippen LogP contribution in [0.15, 0.2) is 30.3 Å². The first kappa shape index (κ1) is 10.6. The van der Waals surface area contributed by atoms with Crippen LogP contribution in [0.1, 0.15) is 11.6 Å². The SMILES string of the molecule is ClC[N+]12CCN(CC1)C(c1ccccc1)C2. The molecule has 3 heteroatoms. The number of benzene rings is 1. The minimum atomic E-state index is 0.586. The first-order valence-electron chi connectivity index (χ1n) is 6.03. The minimum Gasteiger partial charge on any atom is -0.307 e. The lowest BCUT2D eigenvalue weighted by Gasteiger charge is -2.53. The molecular weight excluding hydrogens is 220 g/mol. The molecule has 0 aliphatic carbocycles. The van der Waals surface area contributed by atoms with Crippen LogP contribution in [0.3, 0.4) is 0 Å². The van der Waals surface area contributed by atoms with Crippen LogP contribution in [0.25, 0.3) is 0 Å². The van der Waals surface area contributed by atoms with Gasteiger partial charge in [-0.1, -0.05) is 41.9 Å². The van der Waals surface area contributed by atoms with E-state index in [9.17, 15) is 0 Å². The maximum absolute atomic E-state index is 6.17. The molecule has 1 aromatic carbocycles. The molecule has 0 amide bonds. The van der Waals surface area contributed by atoms with E-state index in [1.54, 1.807) is 0 Å². The number of alkyl halides is 1. The van der Waals surface area contributed by atoms with E-state index in [0.717, 1.165) is 10.5 Å². The normalized spacial score (nSPS) is 37.6. The molecule has 0 radical (unpaired) electrons. The summed E-state index contributed by atoms with van der Waals surface area (Å²) in [4.78, 5) is 2.61. The van der Waals surface area contributed by atoms with E-state index in [-0.39, 0.29) is 0 Å². The highest BCUT2D eigenvalue weighted by molar-refractivity contribution is 6.17. The standard InChI is InChI=1S/C13H18ClN2/c14-11-16-8-6-15(7-9-16)13(10-16)12-4-2-1-3-5-12/h1-5,13H,6-11H2/q+1. The van der Waals surface area contributed by atoms with Crippen molar-refractivity contribution < 1.29 is 4.48 Å². The first-order valence-corrected chi connectivity index (χ1v) is 6.56. The van der Waals surface area contributed by atoms with Crippen molar-refractivity contribution in [2.45, 2.75) is 6.04 Å². The van der Waals surface area contributed by atoms with Gasteiger partial charge in [0.2, 0.25) is 0 Å². The summed E-state index contributed by atoms with van der Waals surface area (Å²) in [5.74, 6) is 0. The molecule has 0 saturated carbocycles. The van der Waals surface area contributed by atoms with E-state index in [1.165, 1.54) is 38.3 Å². The summed E-state index contributed by atoms with van der Waals surface area (Å²) < 4.78 is 1.11. The topological polar surface area (TPSA) is 3.24 Å². The lowest BCUT2D eigenvalue weighted by atomic mass is 9.98. The monoisotopic (exact) mass is 237 g/mol.